The van der Waals surface area contributed by atoms with Gasteiger partial charge in [0.2, 0.25) is 17.6 Å². The highest BCUT2D eigenvalue weighted by Crippen LogP contribution is 2.31. The monoisotopic (exact) mass is 525 g/mol. The average Bonchev–Trinajstić information content (AvgIpc) is 3.28. The lowest BCUT2D eigenvalue weighted by atomic mass is 9.98. The fraction of sp³-hybridized carbons (Fsp3) is 0.654. The molecule has 0 unspecified atom stereocenters. The van der Waals surface area contributed by atoms with Gasteiger partial charge < -0.3 is 26.2 Å². The highest BCUT2D eigenvalue weighted by molar-refractivity contribution is 5.90. The van der Waals surface area contributed by atoms with Crippen molar-refractivity contribution in [2.45, 2.75) is 88.8 Å². The first-order chi connectivity index (χ1) is 17.6. The van der Waals surface area contributed by atoms with Crippen LogP contribution in [0.1, 0.15) is 57.4 Å². The first-order valence-electron chi connectivity index (χ1n) is 13.0. The van der Waals surface area contributed by atoms with Crippen molar-refractivity contribution in [3.8, 4) is 0 Å². The van der Waals surface area contributed by atoms with E-state index in [2.05, 4.69) is 21.3 Å². The number of hydrogen-bond donors (Lipinski definition) is 4. The zero-order chi connectivity index (χ0) is 27.0. The van der Waals surface area contributed by atoms with Gasteiger partial charge in [-0.05, 0) is 57.4 Å². The van der Waals surface area contributed by atoms with E-state index in [9.17, 15) is 27.6 Å². The largest absolute Gasteiger partial charge is 0.450 e. The van der Waals surface area contributed by atoms with Gasteiger partial charge in [-0.3, -0.25) is 14.4 Å². The standard InChI is InChI=1S/C26H38F3N5O3/c1-17(30-2)15-32-21-9-4-3-8-20-10-11-22(34(20)25(21)37)24(36)33-16-18-6-5-7-19(14-18)31-13-12-23(35)26(27,28)29/h5-7,14,17,20-22,30-32H,3-4,8-13,15-16H2,1-2H3,(H,33,36)/t17-,20-,21-,22-/m0/s1. The summed E-state index contributed by atoms with van der Waals surface area (Å²) in [5.41, 5.74) is 1.32. The van der Waals surface area contributed by atoms with Crippen LogP contribution in [0, 0.1) is 0 Å². The Kier molecular flexibility index (Phi) is 10.3. The van der Waals surface area contributed by atoms with Crippen molar-refractivity contribution in [2.75, 3.05) is 25.5 Å². The number of alkyl halides is 3. The normalized spacial score (nSPS) is 23.1. The van der Waals surface area contributed by atoms with E-state index in [4.69, 9.17) is 0 Å². The molecule has 2 aliphatic heterocycles. The van der Waals surface area contributed by atoms with Crippen molar-refractivity contribution in [3.05, 3.63) is 29.8 Å². The highest BCUT2D eigenvalue weighted by atomic mass is 19.4. The van der Waals surface area contributed by atoms with Gasteiger partial charge in [-0.2, -0.15) is 13.2 Å². The minimum atomic E-state index is -4.83. The predicted octanol–water partition coefficient (Wildman–Crippen LogP) is 2.74. The summed E-state index contributed by atoms with van der Waals surface area (Å²) >= 11 is 0. The molecule has 11 heteroatoms. The van der Waals surface area contributed by atoms with Crippen LogP contribution in [0.5, 0.6) is 0 Å². The van der Waals surface area contributed by atoms with Crippen LogP contribution in [0.25, 0.3) is 0 Å². The number of Topliss-reactive ketones (excluding diaryl/α,β-unsaturated/α-hetero) is 1. The molecule has 1 aromatic rings. The van der Waals surface area contributed by atoms with Crippen LogP contribution in [0.2, 0.25) is 0 Å². The molecule has 0 aliphatic carbocycles. The van der Waals surface area contributed by atoms with E-state index in [1.165, 1.54) is 0 Å². The van der Waals surface area contributed by atoms with Gasteiger partial charge in [-0.15, -0.1) is 0 Å². The van der Waals surface area contributed by atoms with Gasteiger partial charge in [-0.25, -0.2) is 0 Å². The Morgan fingerprint density at radius 2 is 1.89 bits per heavy atom. The molecule has 3 rings (SSSR count). The van der Waals surface area contributed by atoms with E-state index in [1.807, 2.05) is 14.0 Å². The molecule has 0 saturated carbocycles. The Morgan fingerprint density at radius 3 is 2.62 bits per heavy atom. The van der Waals surface area contributed by atoms with Crippen LogP contribution >= 0.6 is 0 Å². The number of carbonyl (C=O) groups excluding carboxylic acids is 3. The van der Waals surface area contributed by atoms with Gasteiger partial charge in [0.25, 0.3) is 0 Å². The molecule has 206 valence electrons. The number of ketones is 1. The molecule has 2 heterocycles. The maximum Gasteiger partial charge on any atom is 0.450 e. The maximum atomic E-state index is 13.5. The molecule has 1 aromatic carbocycles. The van der Waals surface area contributed by atoms with Crippen LogP contribution in [0.3, 0.4) is 0 Å². The minimum Gasteiger partial charge on any atom is -0.385 e. The summed E-state index contributed by atoms with van der Waals surface area (Å²) in [5.74, 6) is -1.98. The Balaban J connectivity index is 1.57. The van der Waals surface area contributed by atoms with Crippen molar-refractivity contribution in [1.82, 2.24) is 20.9 Å². The Hall–Kier alpha value is -2.66. The van der Waals surface area contributed by atoms with Crippen LogP contribution in [-0.4, -0.2) is 73.0 Å². The highest BCUT2D eigenvalue weighted by Gasteiger charge is 2.43. The lowest BCUT2D eigenvalue weighted by Crippen LogP contribution is -2.56. The van der Waals surface area contributed by atoms with Crippen molar-refractivity contribution in [3.63, 3.8) is 0 Å². The number of fused-ring (bicyclic) bond motifs is 1. The lowest BCUT2D eigenvalue weighted by molar-refractivity contribution is -0.170. The second-order valence-corrected chi connectivity index (χ2v) is 9.94. The zero-order valence-corrected chi connectivity index (χ0v) is 21.5. The van der Waals surface area contributed by atoms with Crippen LogP contribution < -0.4 is 21.3 Å². The molecule has 4 N–H and O–H groups in total. The third kappa shape index (κ3) is 8.16. The van der Waals surface area contributed by atoms with E-state index in [-0.39, 0.29) is 43.0 Å². The summed E-state index contributed by atoms with van der Waals surface area (Å²) in [6.45, 7) is 2.79. The molecule has 2 aliphatic rings. The lowest BCUT2D eigenvalue weighted by Gasteiger charge is -2.35. The molecule has 0 radical (unpaired) electrons. The third-order valence-electron chi connectivity index (χ3n) is 7.19. The molecule has 2 fully saturated rings. The Bertz CT molecular complexity index is 942. The van der Waals surface area contributed by atoms with E-state index < -0.39 is 24.4 Å². The number of halogens is 3. The molecule has 2 amide bonds. The van der Waals surface area contributed by atoms with Gasteiger partial charge in [0.05, 0.1) is 6.04 Å². The number of hydrogen-bond acceptors (Lipinski definition) is 6. The van der Waals surface area contributed by atoms with Crippen molar-refractivity contribution >= 4 is 23.3 Å². The van der Waals surface area contributed by atoms with Crippen LogP contribution in [0.4, 0.5) is 18.9 Å². The second kappa shape index (κ2) is 13.2. The molecule has 2 saturated heterocycles. The van der Waals surface area contributed by atoms with Gasteiger partial charge in [-0.1, -0.05) is 25.0 Å². The topological polar surface area (TPSA) is 103 Å². The van der Waals surface area contributed by atoms with Crippen LogP contribution in [0.15, 0.2) is 24.3 Å². The summed E-state index contributed by atoms with van der Waals surface area (Å²) in [6, 6.07) is 6.41. The predicted molar refractivity (Wildman–Crippen MR) is 135 cm³/mol. The average molecular weight is 526 g/mol. The summed E-state index contributed by atoms with van der Waals surface area (Å²) in [7, 11) is 1.88. The zero-order valence-electron chi connectivity index (χ0n) is 21.5. The molecule has 4 atom stereocenters. The molecule has 0 bridgehead atoms. The molecule has 0 spiro atoms. The van der Waals surface area contributed by atoms with Gasteiger partial charge in [0.15, 0.2) is 0 Å². The number of nitrogens with zero attached hydrogens (tertiary/aromatic N) is 1. The minimum absolute atomic E-state index is 0.00902. The molecular formula is C26H38F3N5O3. The summed E-state index contributed by atoms with van der Waals surface area (Å²) in [6.07, 6.45) is -0.398. The number of nitrogens with one attached hydrogen (secondary N) is 4. The Labute approximate surface area is 216 Å². The second-order valence-electron chi connectivity index (χ2n) is 9.94. The fourth-order valence-corrected chi connectivity index (χ4v) is 4.96. The van der Waals surface area contributed by atoms with E-state index >= 15 is 0 Å². The van der Waals surface area contributed by atoms with Gasteiger partial charge in [0, 0.05) is 43.8 Å². The quantitative estimate of drug-likeness (QED) is 0.355. The Morgan fingerprint density at radius 1 is 1.14 bits per heavy atom. The summed E-state index contributed by atoms with van der Waals surface area (Å²) in [5, 5.41) is 12.3. The van der Waals surface area contributed by atoms with E-state index in [0.717, 1.165) is 37.7 Å². The number of amides is 2. The van der Waals surface area contributed by atoms with E-state index in [1.54, 1.807) is 29.2 Å². The molecule has 37 heavy (non-hydrogen) atoms. The SMILES string of the molecule is CN[C@@H](C)CN[C@H]1CCCC[C@H]2CC[C@@H](C(=O)NCc3cccc(NCCC(=O)C(F)(F)F)c3)N2C1=O. The smallest absolute Gasteiger partial charge is 0.385 e. The van der Waals surface area contributed by atoms with Crippen molar-refractivity contribution in [1.29, 1.82) is 0 Å². The number of rotatable bonds is 11. The van der Waals surface area contributed by atoms with Gasteiger partial charge >= 0.3 is 6.18 Å². The van der Waals surface area contributed by atoms with E-state index in [0.29, 0.717) is 18.7 Å². The number of benzene rings is 1. The van der Waals surface area contributed by atoms with Crippen molar-refractivity contribution < 1.29 is 27.6 Å². The maximum absolute atomic E-state index is 13.5. The first kappa shape index (κ1) is 28.9. The van der Waals surface area contributed by atoms with Crippen molar-refractivity contribution in [2.24, 2.45) is 0 Å². The van der Waals surface area contributed by atoms with Crippen LogP contribution in [-0.2, 0) is 20.9 Å². The third-order valence-corrected chi connectivity index (χ3v) is 7.19. The first-order valence-corrected chi connectivity index (χ1v) is 13.0. The summed E-state index contributed by atoms with van der Waals surface area (Å²) in [4.78, 5) is 39.5. The fourth-order valence-electron chi connectivity index (χ4n) is 4.96. The summed E-state index contributed by atoms with van der Waals surface area (Å²) < 4.78 is 37.1. The number of anilines is 1. The molecule has 8 nitrogen and oxygen atoms in total. The molecular weight excluding hydrogens is 487 g/mol. The number of likely N-dealkylation sites (N-methyl/N-ethyl adjacent to an activating group) is 1. The molecule has 0 aromatic heterocycles. The number of carbonyl (C=O) groups is 3. The van der Waals surface area contributed by atoms with Gasteiger partial charge in [0.1, 0.15) is 6.04 Å².